The fourth-order valence-electron chi connectivity index (χ4n) is 3.31. The highest BCUT2D eigenvalue weighted by Gasteiger charge is 2.04. The molecular weight excluding hydrogens is 384 g/mol. The summed E-state index contributed by atoms with van der Waals surface area (Å²) in [6.07, 6.45) is 12.0. The zero-order chi connectivity index (χ0) is 21.7. The Morgan fingerprint density at radius 1 is 0.677 bits per heavy atom. The summed E-state index contributed by atoms with van der Waals surface area (Å²) in [5, 5.41) is 0. The fraction of sp³-hybridized carbons (Fsp3) is 0.407. The van der Waals surface area contributed by atoms with Gasteiger partial charge < -0.3 is 9.47 Å². The van der Waals surface area contributed by atoms with Crippen LogP contribution in [0.25, 0.3) is 11.3 Å². The van der Waals surface area contributed by atoms with Gasteiger partial charge in [-0.05, 0) is 54.7 Å². The van der Waals surface area contributed by atoms with Crippen molar-refractivity contribution >= 4 is 0 Å². The Balaban J connectivity index is 1.47. The SMILES string of the molecule is CCCCCCc1ccc(COc2cnc(-c3ccc(OCCCC)cc3)cn2)cc1. The standard InChI is InChI=1S/C27H34N2O2/c1-3-5-7-8-9-22-10-12-23(13-11-22)21-31-27-20-28-26(19-29-27)24-14-16-25(17-15-24)30-18-6-4-2/h10-17,19-20H,3-9,18,21H2,1-2H3. The predicted molar refractivity (Wildman–Crippen MR) is 126 cm³/mol. The first-order valence-electron chi connectivity index (χ1n) is 11.5. The normalized spacial score (nSPS) is 10.8. The number of hydrogen-bond acceptors (Lipinski definition) is 4. The number of hydrogen-bond donors (Lipinski definition) is 0. The number of ether oxygens (including phenoxy) is 2. The van der Waals surface area contributed by atoms with Crippen molar-refractivity contribution in [1.82, 2.24) is 9.97 Å². The minimum absolute atomic E-state index is 0.494. The summed E-state index contributed by atoms with van der Waals surface area (Å²) in [5.74, 6) is 1.42. The lowest BCUT2D eigenvalue weighted by molar-refractivity contribution is 0.292. The molecule has 0 aliphatic carbocycles. The van der Waals surface area contributed by atoms with Crippen molar-refractivity contribution in [2.75, 3.05) is 6.61 Å². The van der Waals surface area contributed by atoms with Crippen LogP contribution < -0.4 is 9.47 Å². The molecule has 0 aliphatic rings. The highest BCUT2D eigenvalue weighted by molar-refractivity contribution is 5.59. The van der Waals surface area contributed by atoms with Crippen molar-refractivity contribution in [2.45, 2.75) is 65.4 Å². The largest absolute Gasteiger partial charge is 0.494 e. The number of nitrogens with zero attached hydrogens (tertiary/aromatic N) is 2. The van der Waals surface area contributed by atoms with Crippen LogP contribution >= 0.6 is 0 Å². The topological polar surface area (TPSA) is 44.2 Å². The van der Waals surface area contributed by atoms with Crippen LogP contribution in [0, 0.1) is 0 Å². The number of unbranched alkanes of at least 4 members (excludes halogenated alkanes) is 4. The molecule has 0 spiro atoms. The Bertz CT molecular complexity index is 875. The molecule has 0 fully saturated rings. The summed E-state index contributed by atoms with van der Waals surface area (Å²) in [5.41, 5.74) is 4.36. The van der Waals surface area contributed by atoms with Crippen molar-refractivity contribution in [2.24, 2.45) is 0 Å². The predicted octanol–water partition coefficient (Wildman–Crippen LogP) is 7.02. The van der Waals surface area contributed by atoms with Crippen LogP contribution in [-0.2, 0) is 13.0 Å². The van der Waals surface area contributed by atoms with Crippen LogP contribution in [0.1, 0.15) is 63.5 Å². The maximum atomic E-state index is 5.82. The Morgan fingerprint density at radius 2 is 1.42 bits per heavy atom. The van der Waals surface area contributed by atoms with E-state index in [0.29, 0.717) is 12.5 Å². The Labute approximate surface area is 186 Å². The monoisotopic (exact) mass is 418 g/mol. The summed E-state index contributed by atoms with van der Waals surface area (Å²) in [4.78, 5) is 8.91. The van der Waals surface area contributed by atoms with E-state index < -0.39 is 0 Å². The van der Waals surface area contributed by atoms with E-state index in [2.05, 4.69) is 48.1 Å². The minimum Gasteiger partial charge on any atom is -0.494 e. The number of rotatable bonds is 13. The Morgan fingerprint density at radius 3 is 2.10 bits per heavy atom. The minimum atomic E-state index is 0.494. The van der Waals surface area contributed by atoms with E-state index in [4.69, 9.17) is 9.47 Å². The number of benzene rings is 2. The second-order valence-corrected chi connectivity index (χ2v) is 7.88. The molecule has 0 amide bonds. The average molecular weight is 419 g/mol. The maximum absolute atomic E-state index is 5.82. The van der Waals surface area contributed by atoms with Gasteiger partial charge in [-0.15, -0.1) is 0 Å². The first-order chi connectivity index (χ1) is 15.3. The summed E-state index contributed by atoms with van der Waals surface area (Å²) in [6, 6.07) is 16.7. The Hall–Kier alpha value is -2.88. The third-order valence-electron chi connectivity index (χ3n) is 5.27. The van der Waals surface area contributed by atoms with Gasteiger partial charge in [0, 0.05) is 5.56 Å². The highest BCUT2D eigenvalue weighted by Crippen LogP contribution is 2.21. The molecule has 0 aliphatic heterocycles. The first kappa shape index (κ1) is 22.8. The molecule has 0 atom stereocenters. The molecule has 3 rings (SSSR count). The zero-order valence-electron chi connectivity index (χ0n) is 18.8. The van der Waals surface area contributed by atoms with Gasteiger partial charge in [-0.25, -0.2) is 9.97 Å². The van der Waals surface area contributed by atoms with Crippen molar-refractivity contribution in [3.63, 3.8) is 0 Å². The van der Waals surface area contributed by atoms with Gasteiger partial charge in [0.2, 0.25) is 5.88 Å². The summed E-state index contributed by atoms with van der Waals surface area (Å²) >= 11 is 0. The lowest BCUT2D eigenvalue weighted by atomic mass is 10.0. The van der Waals surface area contributed by atoms with Gasteiger partial charge in [-0.1, -0.05) is 63.8 Å². The van der Waals surface area contributed by atoms with Crippen LogP contribution in [0.2, 0.25) is 0 Å². The van der Waals surface area contributed by atoms with Gasteiger partial charge in [-0.3, -0.25) is 0 Å². The van der Waals surface area contributed by atoms with Crippen LogP contribution in [0.3, 0.4) is 0 Å². The van der Waals surface area contributed by atoms with Crippen LogP contribution in [0.15, 0.2) is 60.9 Å². The summed E-state index contributed by atoms with van der Waals surface area (Å²) in [6.45, 7) is 5.65. The van der Waals surface area contributed by atoms with E-state index in [1.54, 1.807) is 12.4 Å². The average Bonchev–Trinajstić information content (AvgIpc) is 2.82. The summed E-state index contributed by atoms with van der Waals surface area (Å²) < 4.78 is 11.5. The molecule has 4 heteroatoms. The molecule has 31 heavy (non-hydrogen) atoms. The van der Waals surface area contributed by atoms with E-state index >= 15 is 0 Å². The van der Waals surface area contributed by atoms with E-state index in [9.17, 15) is 0 Å². The maximum Gasteiger partial charge on any atom is 0.232 e. The van der Waals surface area contributed by atoms with Crippen molar-refractivity contribution in [3.8, 4) is 22.9 Å². The van der Waals surface area contributed by atoms with Crippen LogP contribution in [0.4, 0.5) is 0 Å². The van der Waals surface area contributed by atoms with E-state index in [1.807, 2.05) is 24.3 Å². The molecule has 3 aromatic rings. The van der Waals surface area contributed by atoms with Gasteiger partial charge in [-0.2, -0.15) is 0 Å². The van der Waals surface area contributed by atoms with Gasteiger partial charge in [0.05, 0.1) is 24.7 Å². The number of aromatic nitrogens is 2. The third kappa shape index (κ3) is 7.71. The highest BCUT2D eigenvalue weighted by atomic mass is 16.5. The molecule has 1 heterocycles. The molecule has 164 valence electrons. The summed E-state index contributed by atoms with van der Waals surface area (Å²) in [7, 11) is 0. The fourth-order valence-corrected chi connectivity index (χ4v) is 3.31. The van der Waals surface area contributed by atoms with Gasteiger partial charge in [0.1, 0.15) is 12.4 Å². The molecule has 4 nitrogen and oxygen atoms in total. The zero-order valence-corrected chi connectivity index (χ0v) is 18.8. The molecule has 0 saturated carbocycles. The quantitative estimate of drug-likeness (QED) is 0.280. The van der Waals surface area contributed by atoms with Crippen LogP contribution in [-0.4, -0.2) is 16.6 Å². The van der Waals surface area contributed by atoms with Crippen molar-refractivity contribution in [1.29, 1.82) is 0 Å². The lowest BCUT2D eigenvalue weighted by Crippen LogP contribution is -1.99. The molecule has 0 saturated heterocycles. The molecule has 0 bridgehead atoms. The smallest absolute Gasteiger partial charge is 0.232 e. The van der Waals surface area contributed by atoms with Gasteiger partial charge in [0.25, 0.3) is 0 Å². The molecule has 0 unspecified atom stereocenters. The van der Waals surface area contributed by atoms with E-state index in [0.717, 1.165) is 48.4 Å². The van der Waals surface area contributed by atoms with Gasteiger partial charge in [0.15, 0.2) is 0 Å². The lowest BCUT2D eigenvalue weighted by Gasteiger charge is -2.08. The van der Waals surface area contributed by atoms with E-state index in [1.165, 1.54) is 31.2 Å². The van der Waals surface area contributed by atoms with Gasteiger partial charge >= 0.3 is 0 Å². The van der Waals surface area contributed by atoms with Crippen molar-refractivity contribution < 1.29 is 9.47 Å². The number of aryl methyl sites for hydroxylation is 1. The second kappa shape index (κ2) is 12.7. The Kier molecular flexibility index (Phi) is 9.36. The van der Waals surface area contributed by atoms with Crippen LogP contribution in [0.5, 0.6) is 11.6 Å². The molecule has 0 N–H and O–H groups in total. The first-order valence-corrected chi connectivity index (χ1v) is 11.5. The second-order valence-electron chi connectivity index (χ2n) is 7.88. The van der Waals surface area contributed by atoms with E-state index in [-0.39, 0.29) is 0 Å². The third-order valence-corrected chi connectivity index (χ3v) is 5.27. The van der Waals surface area contributed by atoms with Crippen molar-refractivity contribution in [3.05, 3.63) is 72.1 Å². The molecular formula is C27H34N2O2. The molecule has 0 radical (unpaired) electrons. The molecule has 1 aromatic heterocycles. The molecule has 2 aromatic carbocycles.